The number of halogens is 4. The van der Waals surface area contributed by atoms with Gasteiger partial charge in [0.25, 0.3) is 0 Å². The molecule has 3 aromatic carbocycles. The van der Waals surface area contributed by atoms with Gasteiger partial charge in [0, 0.05) is 11.0 Å². The molecule has 0 radical (unpaired) electrons. The van der Waals surface area contributed by atoms with Crippen molar-refractivity contribution in [2.75, 3.05) is 0 Å². The van der Waals surface area contributed by atoms with Gasteiger partial charge in [-0.3, -0.25) is 0 Å². The fourth-order valence-electron chi connectivity index (χ4n) is 5.19. The van der Waals surface area contributed by atoms with Crippen molar-refractivity contribution in [1.29, 1.82) is 0 Å². The molecule has 4 aromatic rings. The van der Waals surface area contributed by atoms with E-state index in [0.29, 0.717) is 5.56 Å². The van der Waals surface area contributed by atoms with Crippen molar-refractivity contribution in [1.82, 2.24) is 15.0 Å². The summed E-state index contributed by atoms with van der Waals surface area (Å²) in [6.07, 6.45) is 0.781. The van der Waals surface area contributed by atoms with Crippen LogP contribution in [-0.4, -0.2) is 20.1 Å². The summed E-state index contributed by atoms with van der Waals surface area (Å²) in [7, 11) is 0. The normalized spacial score (nSPS) is 12.9. The van der Waals surface area contributed by atoms with Crippen LogP contribution in [0.5, 0.6) is 5.75 Å². The van der Waals surface area contributed by atoms with E-state index in [2.05, 4.69) is 44.8 Å². The molecule has 1 heterocycles. The van der Waals surface area contributed by atoms with Crippen LogP contribution in [0.15, 0.2) is 42.5 Å². The smallest absolute Gasteiger partial charge is 0.199 e. The van der Waals surface area contributed by atoms with Crippen LogP contribution < -0.4 is 0 Å². The van der Waals surface area contributed by atoms with Gasteiger partial charge in [-0.25, -0.2) is 17.6 Å². The molecule has 4 nitrogen and oxygen atoms in total. The number of aromatic nitrogens is 3. The van der Waals surface area contributed by atoms with Gasteiger partial charge in [0.15, 0.2) is 34.3 Å². The lowest BCUT2D eigenvalue weighted by atomic mass is 9.70. The minimum absolute atomic E-state index is 0.0311. The Bertz CT molecular complexity index is 1440. The van der Waals surface area contributed by atoms with Crippen LogP contribution in [0.25, 0.3) is 16.7 Å². The molecule has 0 atom stereocenters. The van der Waals surface area contributed by atoms with Crippen molar-refractivity contribution in [3.8, 4) is 11.4 Å². The van der Waals surface area contributed by atoms with Gasteiger partial charge in [-0.2, -0.15) is 0 Å². The maximum atomic E-state index is 14.5. The second-order valence-corrected chi connectivity index (χ2v) is 11.9. The Labute approximate surface area is 213 Å². The molecule has 0 amide bonds. The first kappa shape index (κ1) is 26.6. The topological polar surface area (TPSA) is 50.9 Å². The van der Waals surface area contributed by atoms with Gasteiger partial charge in [-0.15, -0.1) is 15.0 Å². The lowest BCUT2D eigenvalue weighted by Gasteiger charge is -2.35. The Kier molecular flexibility index (Phi) is 6.37. The zero-order chi connectivity index (χ0) is 27.5. The molecular weight excluding hydrogens is 482 g/mol. The first-order valence-corrected chi connectivity index (χ1v) is 12.1. The molecule has 0 saturated heterocycles. The Morgan fingerprint density at radius 1 is 0.730 bits per heavy atom. The highest BCUT2D eigenvalue weighted by Crippen LogP contribution is 2.45. The van der Waals surface area contributed by atoms with Gasteiger partial charge in [-0.05, 0) is 34.4 Å². The van der Waals surface area contributed by atoms with Crippen molar-refractivity contribution < 1.29 is 22.7 Å². The summed E-state index contributed by atoms with van der Waals surface area (Å²) in [6.45, 7) is 14.4. The number of nitrogens with zero attached hydrogens (tertiary/aromatic N) is 3. The minimum Gasteiger partial charge on any atom is -0.505 e. The second kappa shape index (κ2) is 8.85. The summed E-state index contributed by atoms with van der Waals surface area (Å²) >= 11 is 0. The predicted octanol–water partition coefficient (Wildman–Crippen LogP) is 7.72. The van der Waals surface area contributed by atoms with Crippen molar-refractivity contribution in [2.24, 2.45) is 5.41 Å². The zero-order valence-corrected chi connectivity index (χ0v) is 22.0. The summed E-state index contributed by atoms with van der Waals surface area (Å²) in [6, 6.07) is 13.2. The quantitative estimate of drug-likeness (QED) is 0.169. The Balaban J connectivity index is 2.03. The number of rotatable bonds is 5. The van der Waals surface area contributed by atoms with Gasteiger partial charge in [0.05, 0.1) is 0 Å². The number of benzene rings is 3. The molecule has 0 aliphatic heterocycles. The molecule has 1 aromatic heterocycles. The van der Waals surface area contributed by atoms with Crippen molar-refractivity contribution in [3.05, 3.63) is 82.4 Å². The number of fused-ring (bicyclic) bond motifs is 1. The standard InChI is InChI=1S/C29H31F4N3O/c1-27(2,3)15-28(4,5)17-13-18(29(6,7)16-11-9-8-10-12-16)26(37)19(14-17)36-34-24-22(32)20(30)21(31)23(33)25(24)35-36/h8-14,37H,15H2,1-7H3. The third kappa shape index (κ3) is 4.69. The van der Waals surface area contributed by atoms with E-state index in [0.717, 1.165) is 22.3 Å². The number of hydrogen-bond donors (Lipinski definition) is 1. The van der Waals surface area contributed by atoms with E-state index < -0.39 is 39.7 Å². The first-order chi connectivity index (χ1) is 17.0. The largest absolute Gasteiger partial charge is 0.505 e. The lowest BCUT2D eigenvalue weighted by molar-refractivity contribution is 0.283. The van der Waals surface area contributed by atoms with E-state index in [1.807, 2.05) is 50.2 Å². The van der Waals surface area contributed by atoms with Gasteiger partial charge in [0.2, 0.25) is 0 Å². The molecule has 0 spiro atoms. The highest BCUT2D eigenvalue weighted by molar-refractivity contribution is 5.76. The zero-order valence-electron chi connectivity index (χ0n) is 22.0. The summed E-state index contributed by atoms with van der Waals surface area (Å²) < 4.78 is 56.7. The number of phenolic OH excluding ortho intramolecular Hbond substituents is 1. The molecule has 0 bridgehead atoms. The van der Waals surface area contributed by atoms with E-state index in [9.17, 15) is 22.7 Å². The molecule has 196 valence electrons. The molecule has 0 aliphatic carbocycles. The van der Waals surface area contributed by atoms with Gasteiger partial charge < -0.3 is 5.11 Å². The second-order valence-electron chi connectivity index (χ2n) is 11.9. The van der Waals surface area contributed by atoms with Crippen LogP contribution in [0, 0.1) is 28.7 Å². The molecule has 0 unspecified atom stereocenters. The average molecular weight is 514 g/mol. The van der Waals surface area contributed by atoms with Gasteiger partial charge in [0.1, 0.15) is 11.4 Å². The van der Waals surface area contributed by atoms with E-state index >= 15 is 0 Å². The molecule has 0 saturated carbocycles. The van der Waals surface area contributed by atoms with Crippen LogP contribution in [0.4, 0.5) is 17.6 Å². The highest BCUT2D eigenvalue weighted by Gasteiger charge is 2.34. The maximum absolute atomic E-state index is 14.5. The third-order valence-electron chi connectivity index (χ3n) is 6.84. The van der Waals surface area contributed by atoms with E-state index in [1.54, 1.807) is 6.07 Å². The Morgan fingerprint density at radius 3 is 1.73 bits per heavy atom. The van der Waals surface area contributed by atoms with Gasteiger partial charge in [-0.1, -0.05) is 84.9 Å². The predicted molar refractivity (Wildman–Crippen MR) is 136 cm³/mol. The SMILES string of the molecule is CC(C)(C)CC(C)(C)c1cc(-n2nc3c(F)c(F)c(F)c(F)c3n2)c(O)c(C(C)(C)c2ccccc2)c1. The van der Waals surface area contributed by atoms with Crippen molar-refractivity contribution in [3.63, 3.8) is 0 Å². The molecular formula is C29H31F4N3O. The van der Waals surface area contributed by atoms with Crippen LogP contribution in [-0.2, 0) is 10.8 Å². The van der Waals surface area contributed by atoms with Crippen molar-refractivity contribution >= 4 is 11.0 Å². The highest BCUT2D eigenvalue weighted by atomic mass is 19.2. The summed E-state index contributed by atoms with van der Waals surface area (Å²) in [4.78, 5) is 0.840. The first-order valence-electron chi connectivity index (χ1n) is 12.1. The fourth-order valence-corrected chi connectivity index (χ4v) is 5.19. The van der Waals surface area contributed by atoms with Crippen LogP contribution in [0.2, 0.25) is 0 Å². The average Bonchev–Trinajstić information content (AvgIpc) is 3.26. The number of aromatic hydroxyl groups is 1. The molecule has 0 fully saturated rings. The summed E-state index contributed by atoms with van der Waals surface area (Å²) in [5.74, 6) is -7.42. The number of hydrogen-bond acceptors (Lipinski definition) is 3. The summed E-state index contributed by atoms with van der Waals surface area (Å²) in [5.41, 5.74) is -0.258. The number of phenols is 1. The lowest BCUT2D eigenvalue weighted by Crippen LogP contribution is -2.27. The van der Waals surface area contributed by atoms with Crippen molar-refractivity contribution in [2.45, 2.75) is 65.7 Å². The summed E-state index contributed by atoms with van der Waals surface area (Å²) in [5, 5.41) is 19.3. The Hall–Kier alpha value is -3.42. The minimum atomic E-state index is -1.97. The monoisotopic (exact) mass is 513 g/mol. The molecule has 1 N–H and O–H groups in total. The Morgan fingerprint density at radius 2 is 1.24 bits per heavy atom. The van der Waals surface area contributed by atoms with E-state index in [1.165, 1.54) is 0 Å². The molecule has 37 heavy (non-hydrogen) atoms. The van der Waals surface area contributed by atoms with Crippen LogP contribution in [0.3, 0.4) is 0 Å². The molecule has 4 rings (SSSR count). The van der Waals surface area contributed by atoms with Crippen LogP contribution in [0.1, 0.15) is 71.6 Å². The maximum Gasteiger partial charge on any atom is 0.199 e. The fraction of sp³-hybridized carbons (Fsp3) is 0.379. The van der Waals surface area contributed by atoms with E-state index in [4.69, 9.17) is 0 Å². The van der Waals surface area contributed by atoms with Gasteiger partial charge >= 0.3 is 0 Å². The van der Waals surface area contributed by atoms with Crippen LogP contribution >= 0.6 is 0 Å². The molecule has 0 aliphatic rings. The molecule has 8 heteroatoms. The van der Waals surface area contributed by atoms with E-state index in [-0.39, 0.29) is 22.3 Å². The third-order valence-corrected chi connectivity index (χ3v) is 6.84.